The Morgan fingerprint density at radius 3 is 2.52 bits per heavy atom. The monoisotopic (exact) mass is 345 g/mol. The molecule has 1 fully saturated rings. The van der Waals surface area contributed by atoms with Gasteiger partial charge in [0.1, 0.15) is 0 Å². The fourth-order valence-electron chi connectivity index (χ4n) is 2.28. The SMILES string of the molecule is O=C(CNc1ccccc1C(=O)NC1CC1)Nc1ccc(F)c(F)c1. The molecule has 0 heterocycles. The lowest BCUT2D eigenvalue weighted by Gasteiger charge is -2.12. The van der Waals surface area contributed by atoms with Gasteiger partial charge in [0.25, 0.3) is 5.91 Å². The van der Waals surface area contributed by atoms with E-state index in [1.165, 1.54) is 6.07 Å². The lowest BCUT2D eigenvalue weighted by molar-refractivity contribution is -0.114. The van der Waals surface area contributed by atoms with E-state index >= 15 is 0 Å². The van der Waals surface area contributed by atoms with Crippen LogP contribution in [-0.2, 0) is 4.79 Å². The first-order valence-electron chi connectivity index (χ1n) is 7.91. The van der Waals surface area contributed by atoms with E-state index in [9.17, 15) is 18.4 Å². The Labute approximate surface area is 143 Å². The van der Waals surface area contributed by atoms with E-state index in [-0.39, 0.29) is 24.2 Å². The number of carbonyl (C=O) groups excluding carboxylic acids is 2. The van der Waals surface area contributed by atoms with E-state index in [0.29, 0.717) is 11.3 Å². The van der Waals surface area contributed by atoms with Crippen molar-refractivity contribution in [3.05, 3.63) is 59.7 Å². The summed E-state index contributed by atoms with van der Waals surface area (Å²) in [5.74, 6) is -2.64. The normalized spacial score (nSPS) is 13.2. The van der Waals surface area contributed by atoms with Crippen LogP contribution in [0.15, 0.2) is 42.5 Å². The number of amides is 2. The summed E-state index contributed by atoms with van der Waals surface area (Å²) in [7, 11) is 0. The molecule has 3 rings (SSSR count). The molecule has 0 atom stereocenters. The summed E-state index contributed by atoms with van der Waals surface area (Å²) in [6.07, 6.45) is 1.97. The number of hydrogen-bond acceptors (Lipinski definition) is 3. The van der Waals surface area contributed by atoms with Gasteiger partial charge in [-0.3, -0.25) is 9.59 Å². The molecule has 0 radical (unpaired) electrons. The van der Waals surface area contributed by atoms with Crippen LogP contribution in [0.3, 0.4) is 0 Å². The highest BCUT2D eigenvalue weighted by molar-refractivity contribution is 6.01. The minimum Gasteiger partial charge on any atom is -0.376 e. The summed E-state index contributed by atoms with van der Waals surface area (Å²) in [6.45, 7) is -0.118. The minimum atomic E-state index is -1.03. The van der Waals surface area contributed by atoms with Crippen molar-refractivity contribution in [3.63, 3.8) is 0 Å². The number of nitrogens with one attached hydrogen (secondary N) is 3. The van der Waals surface area contributed by atoms with Crippen molar-refractivity contribution in [2.75, 3.05) is 17.2 Å². The summed E-state index contributed by atoms with van der Waals surface area (Å²) >= 11 is 0. The zero-order chi connectivity index (χ0) is 17.8. The van der Waals surface area contributed by atoms with Crippen molar-refractivity contribution < 1.29 is 18.4 Å². The quantitative estimate of drug-likeness (QED) is 0.754. The molecule has 130 valence electrons. The van der Waals surface area contributed by atoms with Crippen LogP contribution in [0, 0.1) is 11.6 Å². The maximum absolute atomic E-state index is 13.1. The highest BCUT2D eigenvalue weighted by atomic mass is 19.2. The number of benzene rings is 2. The average Bonchev–Trinajstić information content (AvgIpc) is 3.40. The van der Waals surface area contributed by atoms with Gasteiger partial charge < -0.3 is 16.0 Å². The highest BCUT2D eigenvalue weighted by Crippen LogP contribution is 2.21. The number of rotatable bonds is 6. The van der Waals surface area contributed by atoms with Crippen LogP contribution in [0.25, 0.3) is 0 Å². The van der Waals surface area contributed by atoms with Crippen molar-refractivity contribution in [1.29, 1.82) is 0 Å². The van der Waals surface area contributed by atoms with E-state index in [1.807, 2.05) is 0 Å². The first kappa shape index (κ1) is 16.9. The highest BCUT2D eigenvalue weighted by Gasteiger charge is 2.24. The summed E-state index contributed by atoms with van der Waals surface area (Å²) in [4.78, 5) is 24.2. The molecule has 7 heteroatoms. The van der Waals surface area contributed by atoms with Crippen LogP contribution in [0.5, 0.6) is 0 Å². The molecule has 0 bridgehead atoms. The second-order valence-corrected chi connectivity index (χ2v) is 5.82. The predicted octanol–water partition coefficient (Wildman–Crippen LogP) is 2.91. The Balaban J connectivity index is 1.59. The topological polar surface area (TPSA) is 70.2 Å². The molecule has 2 aromatic rings. The lowest BCUT2D eigenvalue weighted by Crippen LogP contribution is -2.27. The first-order chi connectivity index (χ1) is 12.0. The van der Waals surface area contributed by atoms with Gasteiger partial charge >= 0.3 is 0 Å². The molecule has 1 saturated carbocycles. The van der Waals surface area contributed by atoms with Gasteiger partial charge in [0.2, 0.25) is 5.91 Å². The first-order valence-corrected chi connectivity index (χ1v) is 7.91. The molecule has 2 aromatic carbocycles. The predicted molar refractivity (Wildman–Crippen MR) is 90.4 cm³/mol. The van der Waals surface area contributed by atoms with Crippen LogP contribution in [0.1, 0.15) is 23.2 Å². The van der Waals surface area contributed by atoms with Gasteiger partial charge in [-0.05, 0) is 37.1 Å². The molecule has 1 aliphatic rings. The minimum absolute atomic E-state index is 0.118. The van der Waals surface area contributed by atoms with Crippen LogP contribution in [-0.4, -0.2) is 24.4 Å². The molecule has 0 unspecified atom stereocenters. The van der Waals surface area contributed by atoms with E-state index in [2.05, 4.69) is 16.0 Å². The molecule has 5 nitrogen and oxygen atoms in total. The number of para-hydroxylation sites is 1. The van der Waals surface area contributed by atoms with Gasteiger partial charge in [-0.25, -0.2) is 8.78 Å². The van der Waals surface area contributed by atoms with Crippen molar-refractivity contribution in [3.8, 4) is 0 Å². The van der Waals surface area contributed by atoms with Crippen molar-refractivity contribution in [1.82, 2.24) is 5.32 Å². The van der Waals surface area contributed by atoms with E-state index < -0.39 is 17.5 Å². The Morgan fingerprint density at radius 2 is 1.80 bits per heavy atom. The molecule has 2 amide bonds. The summed E-state index contributed by atoms with van der Waals surface area (Å²) in [6, 6.07) is 10.2. The van der Waals surface area contributed by atoms with Gasteiger partial charge in [-0.15, -0.1) is 0 Å². The average molecular weight is 345 g/mol. The largest absolute Gasteiger partial charge is 0.376 e. The van der Waals surface area contributed by atoms with Crippen molar-refractivity contribution in [2.24, 2.45) is 0 Å². The summed E-state index contributed by atoms with van der Waals surface area (Å²) in [5, 5.41) is 8.25. The van der Waals surface area contributed by atoms with E-state index in [0.717, 1.165) is 25.0 Å². The summed E-state index contributed by atoms with van der Waals surface area (Å²) < 4.78 is 26.0. The molecule has 1 aliphatic carbocycles. The third-order valence-electron chi connectivity index (χ3n) is 3.73. The second kappa shape index (κ2) is 7.29. The fourth-order valence-corrected chi connectivity index (χ4v) is 2.28. The molecule has 0 aromatic heterocycles. The third kappa shape index (κ3) is 4.53. The van der Waals surface area contributed by atoms with Crippen LogP contribution < -0.4 is 16.0 Å². The van der Waals surface area contributed by atoms with Crippen molar-refractivity contribution >= 4 is 23.2 Å². The lowest BCUT2D eigenvalue weighted by atomic mass is 10.1. The van der Waals surface area contributed by atoms with Gasteiger partial charge in [0.05, 0.1) is 12.1 Å². The van der Waals surface area contributed by atoms with Gasteiger partial charge in [-0.2, -0.15) is 0 Å². The fraction of sp³-hybridized carbons (Fsp3) is 0.222. The van der Waals surface area contributed by atoms with E-state index in [1.54, 1.807) is 24.3 Å². The van der Waals surface area contributed by atoms with Gasteiger partial charge in [0, 0.05) is 23.5 Å². The Bertz CT molecular complexity index is 807. The third-order valence-corrected chi connectivity index (χ3v) is 3.73. The van der Waals surface area contributed by atoms with Gasteiger partial charge in [0.15, 0.2) is 11.6 Å². The second-order valence-electron chi connectivity index (χ2n) is 5.82. The zero-order valence-electron chi connectivity index (χ0n) is 13.3. The summed E-state index contributed by atoms with van der Waals surface area (Å²) in [5.41, 5.74) is 1.14. The maximum atomic E-state index is 13.1. The molecular weight excluding hydrogens is 328 g/mol. The van der Waals surface area contributed by atoms with Gasteiger partial charge in [-0.1, -0.05) is 12.1 Å². The molecule has 0 aliphatic heterocycles. The molecule has 25 heavy (non-hydrogen) atoms. The molecule has 0 saturated heterocycles. The molecular formula is C18H17F2N3O2. The zero-order valence-corrected chi connectivity index (χ0v) is 13.3. The standard InChI is InChI=1S/C18H17F2N3O2/c19-14-8-7-12(9-15(14)20)22-17(24)10-21-16-4-2-1-3-13(16)18(25)23-11-5-6-11/h1-4,7-9,11,21H,5-6,10H2,(H,22,24)(H,23,25). The van der Waals surface area contributed by atoms with E-state index in [4.69, 9.17) is 0 Å². The number of anilines is 2. The van der Waals surface area contributed by atoms with Crippen LogP contribution >= 0.6 is 0 Å². The molecule has 0 spiro atoms. The number of halogens is 2. The Kier molecular flexibility index (Phi) is 4.92. The van der Waals surface area contributed by atoms with Crippen molar-refractivity contribution in [2.45, 2.75) is 18.9 Å². The van der Waals surface area contributed by atoms with Crippen LogP contribution in [0.4, 0.5) is 20.2 Å². The molecule has 3 N–H and O–H groups in total. The smallest absolute Gasteiger partial charge is 0.253 e. The Morgan fingerprint density at radius 1 is 1.04 bits per heavy atom. The van der Waals surface area contributed by atoms with Crippen LogP contribution in [0.2, 0.25) is 0 Å². The number of carbonyl (C=O) groups is 2. The maximum Gasteiger partial charge on any atom is 0.253 e. The number of hydrogen-bond donors (Lipinski definition) is 3. The Hall–Kier alpha value is -2.96.